The molecule has 0 radical (unpaired) electrons. The molecule has 0 saturated carbocycles. The largest absolute Gasteiger partial charge is 0.456 e. The van der Waals surface area contributed by atoms with Gasteiger partial charge < -0.3 is 13.4 Å². The third-order valence-electron chi connectivity index (χ3n) is 11.7. The third kappa shape index (κ3) is 5.16. The lowest BCUT2D eigenvalue weighted by atomic mass is 9.98. The summed E-state index contributed by atoms with van der Waals surface area (Å²) in [5.74, 6) is 0. The van der Waals surface area contributed by atoms with Crippen LogP contribution in [0.1, 0.15) is 35.2 Å². The number of benzene rings is 8. The fourth-order valence-corrected chi connectivity index (χ4v) is 9.12. The van der Waals surface area contributed by atoms with Gasteiger partial charge in [0.15, 0.2) is 5.58 Å². The summed E-state index contributed by atoms with van der Waals surface area (Å²) in [5.41, 5.74) is 12.5. The van der Waals surface area contributed by atoms with E-state index >= 15 is 0 Å². The van der Waals surface area contributed by atoms with Crippen LogP contribution in [0.15, 0.2) is 191 Å². The van der Waals surface area contributed by atoms with Gasteiger partial charge in [-0.3, -0.25) is 16.0 Å². The summed E-state index contributed by atoms with van der Waals surface area (Å²) in [4.78, 5) is 0. The lowest BCUT2D eigenvalue weighted by molar-refractivity contribution is 0.204. The molecule has 57 heavy (non-hydrogen) atoms. The number of hydrogen-bond acceptors (Lipinski definition) is 5. The van der Waals surface area contributed by atoms with Gasteiger partial charge in [0.25, 0.3) is 0 Å². The summed E-state index contributed by atoms with van der Waals surface area (Å²) >= 11 is 0. The van der Waals surface area contributed by atoms with E-state index in [1.807, 2.05) is 12.1 Å². The van der Waals surface area contributed by atoms with E-state index < -0.39 is 0 Å². The molecule has 0 aliphatic carbocycles. The minimum Gasteiger partial charge on any atom is -0.456 e. The van der Waals surface area contributed by atoms with Gasteiger partial charge in [-0.05, 0) is 70.3 Å². The highest BCUT2D eigenvalue weighted by molar-refractivity contribution is 6.13. The number of para-hydroxylation sites is 4. The van der Waals surface area contributed by atoms with E-state index in [-0.39, 0.29) is 18.5 Å². The SMILES string of the molecule is c1ccc(-c2cccc(C3NC(c4ccc5c(c4)oc4ccccc45)NC(c4cccc5oc6c(-n7c8ccccc8c8ccccc87)cccc6c45)N3)c2)cc1. The van der Waals surface area contributed by atoms with Crippen LogP contribution in [0, 0.1) is 0 Å². The Kier molecular flexibility index (Phi) is 7.25. The van der Waals surface area contributed by atoms with Crippen LogP contribution < -0.4 is 16.0 Å². The summed E-state index contributed by atoms with van der Waals surface area (Å²) in [6.45, 7) is 0. The molecule has 12 rings (SSSR count). The van der Waals surface area contributed by atoms with Crippen LogP contribution in [0.2, 0.25) is 0 Å². The summed E-state index contributed by atoms with van der Waals surface area (Å²) in [6.07, 6.45) is -0.631. The van der Waals surface area contributed by atoms with E-state index in [2.05, 4.69) is 190 Å². The van der Waals surface area contributed by atoms with E-state index in [4.69, 9.17) is 8.83 Å². The summed E-state index contributed by atoms with van der Waals surface area (Å²) in [5, 5.41) is 18.7. The molecule has 0 bridgehead atoms. The molecule has 3 atom stereocenters. The van der Waals surface area contributed by atoms with Gasteiger partial charge in [0.1, 0.15) is 16.7 Å². The second-order valence-electron chi connectivity index (χ2n) is 15.0. The van der Waals surface area contributed by atoms with Crippen molar-refractivity contribution in [2.24, 2.45) is 0 Å². The van der Waals surface area contributed by atoms with Crippen molar-refractivity contribution >= 4 is 65.7 Å². The Bertz CT molecular complexity index is 3270. The maximum atomic E-state index is 6.90. The van der Waals surface area contributed by atoms with Gasteiger partial charge in [0.2, 0.25) is 0 Å². The van der Waals surface area contributed by atoms with Crippen molar-refractivity contribution in [3.63, 3.8) is 0 Å². The minimum atomic E-state index is -0.241. The van der Waals surface area contributed by atoms with E-state index in [1.165, 1.54) is 21.9 Å². The normalized spacial score (nSPS) is 17.4. The van der Waals surface area contributed by atoms with Crippen LogP contribution >= 0.6 is 0 Å². The second-order valence-corrected chi connectivity index (χ2v) is 15.0. The smallest absolute Gasteiger partial charge is 0.159 e. The van der Waals surface area contributed by atoms with Crippen molar-refractivity contribution in [1.29, 1.82) is 0 Å². The molecule has 1 aliphatic heterocycles. The Hall–Kier alpha value is -6.96. The van der Waals surface area contributed by atoms with Crippen LogP contribution in [-0.4, -0.2) is 4.57 Å². The van der Waals surface area contributed by atoms with Crippen LogP contribution in [0.3, 0.4) is 0 Å². The zero-order valence-electron chi connectivity index (χ0n) is 30.8. The Balaban J connectivity index is 1.01. The Morgan fingerprint density at radius 1 is 0.386 bits per heavy atom. The molecule has 6 heteroatoms. The van der Waals surface area contributed by atoms with E-state index in [0.717, 1.165) is 77.3 Å². The molecular weight excluding hydrogens is 701 g/mol. The number of furan rings is 2. The number of fused-ring (bicyclic) bond motifs is 9. The summed E-state index contributed by atoms with van der Waals surface area (Å²) < 4.78 is 15.6. The summed E-state index contributed by atoms with van der Waals surface area (Å²) in [7, 11) is 0. The first-order valence-electron chi connectivity index (χ1n) is 19.5. The van der Waals surface area contributed by atoms with Gasteiger partial charge in [-0.15, -0.1) is 0 Å². The molecule has 6 nitrogen and oxygen atoms in total. The monoisotopic (exact) mass is 736 g/mol. The molecule has 1 fully saturated rings. The quantitative estimate of drug-likeness (QED) is 0.164. The van der Waals surface area contributed by atoms with Gasteiger partial charge in [-0.1, -0.05) is 140 Å². The first kappa shape index (κ1) is 32.3. The highest BCUT2D eigenvalue weighted by Crippen LogP contribution is 2.41. The molecule has 11 aromatic rings. The number of nitrogens with one attached hydrogen (secondary N) is 3. The zero-order valence-corrected chi connectivity index (χ0v) is 30.8. The number of hydrogen-bond donors (Lipinski definition) is 3. The lowest BCUT2D eigenvalue weighted by Gasteiger charge is -2.40. The first-order chi connectivity index (χ1) is 28.2. The van der Waals surface area contributed by atoms with Crippen molar-refractivity contribution in [3.8, 4) is 16.8 Å². The molecule has 1 aliphatic rings. The van der Waals surface area contributed by atoms with Crippen LogP contribution in [0.4, 0.5) is 0 Å². The van der Waals surface area contributed by atoms with Gasteiger partial charge in [-0.2, -0.15) is 0 Å². The molecule has 3 N–H and O–H groups in total. The minimum absolute atomic E-state index is 0.183. The van der Waals surface area contributed by atoms with Gasteiger partial charge in [-0.25, -0.2) is 0 Å². The molecule has 272 valence electrons. The average molecular weight is 737 g/mol. The maximum absolute atomic E-state index is 6.90. The van der Waals surface area contributed by atoms with Crippen molar-refractivity contribution in [2.45, 2.75) is 18.5 Å². The molecule has 8 aromatic carbocycles. The van der Waals surface area contributed by atoms with Gasteiger partial charge >= 0.3 is 0 Å². The van der Waals surface area contributed by atoms with Crippen molar-refractivity contribution in [2.75, 3.05) is 0 Å². The molecular formula is C51H36N4O2. The van der Waals surface area contributed by atoms with E-state index in [1.54, 1.807) is 0 Å². The van der Waals surface area contributed by atoms with Crippen molar-refractivity contribution in [3.05, 3.63) is 199 Å². The Morgan fingerprint density at radius 2 is 0.982 bits per heavy atom. The molecule has 0 spiro atoms. The fraction of sp³-hybridized carbons (Fsp3) is 0.0588. The van der Waals surface area contributed by atoms with Crippen molar-refractivity contribution < 1.29 is 8.83 Å². The van der Waals surface area contributed by atoms with Crippen LogP contribution in [0.5, 0.6) is 0 Å². The van der Waals surface area contributed by atoms with Gasteiger partial charge in [0.05, 0.1) is 35.2 Å². The van der Waals surface area contributed by atoms with E-state index in [9.17, 15) is 0 Å². The topological polar surface area (TPSA) is 67.3 Å². The number of rotatable bonds is 5. The predicted molar refractivity (Wildman–Crippen MR) is 231 cm³/mol. The standard InChI is InChI=1S/C51H36N4O2/c1-2-13-31(14-3-1)32-15-10-16-33(29-32)49-52-50(34-27-28-38-37-19-6-9-25-44(37)56-46(38)30-34)54-51(53-49)40-21-12-26-45-47(40)39-20-11-24-43(48(39)57-45)55-41-22-7-4-17-35(41)36-18-5-8-23-42(36)55/h1-30,49-54H. The van der Waals surface area contributed by atoms with E-state index in [0.29, 0.717) is 0 Å². The second kappa shape index (κ2) is 12.8. The molecule has 1 saturated heterocycles. The fourth-order valence-electron chi connectivity index (χ4n) is 9.12. The molecule has 4 heterocycles. The average Bonchev–Trinajstić information content (AvgIpc) is 3.96. The Morgan fingerprint density at radius 3 is 1.79 bits per heavy atom. The van der Waals surface area contributed by atoms with Crippen LogP contribution in [-0.2, 0) is 0 Å². The molecule has 3 aromatic heterocycles. The third-order valence-corrected chi connectivity index (χ3v) is 11.7. The highest BCUT2D eigenvalue weighted by Gasteiger charge is 2.32. The first-order valence-corrected chi connectivity index (χ1v) is 19.5. The predicted octanol–water partition coefficient (Wildman–Crippen LogP) is 12.4. The Labute approximate surface area is 327 Å². The lowest BCUT2D eigenvalue weighted by Crippen LogP contribution is -2.54. The maximum Gasteiger partial charge on any atom is 0.159 e. The molecule has 3 unspecified atom stereocenters. The summed E-state index contributed by atoms with van der Waals surface area (Å²) in [6, 6.07) is 64.3. The number of aromatic nitrogens is 1. The van der Waals surface area contributed by atoms with Crippen LogP contribution in [0.25, 0.3) is 82.5 Å². The number of nitrogens with zero attached hydrogens (tertiary/aromatic N) is 1. The van der Waals surface area contributed by atoms with Crippen molar-refractivity contribution in [1.82, 2.24) is 20.5 Å². The molecule has 0 amide bonds. The highest BCUT2D eigenvalue weighted by atomic mass is 16.3. The van der Waals surface area contributed by atoms with Gasteiger partial charge in [0, 0.05) is 32.3 Å². The zero-order chi connectivity index (χ0) is 37.5.